The third-order valence-corrected chi connectivity index (χ3v) is 2.51. The number of aromatic nitrogens is 2. The van der Waals surface area contributed by atoms with E-state index in [1.807, 2.05) is 6.92 Å². The third kappa shape index (κ3) is 3.10. The molecule has 0 bridgehead atoms. The Morgan fingerprint density at radius 3 is 2.65 bits per heavy atom. The van der Waals surface area contributed by atoms with Crippen molar-refractivity contribution in [3.8, 4) is 0 Å². The molecule has 0 saturated carbocycles. The van der Waals surface area contributed by atoms with E-state index in [2.05, 4.69) is 15.5 Å². The Labute approximate surface area is 98.8 Å². The molecule has 0 radical (unpaired) electrons. The Morgan fingerprint density at radius 2 is 2.06 bits per heavy atom. The van der Waals surface area contributed by atoms with E-state index in [1.54, 1.807) is 19.1 Å². The summed E-state index contributed by atoms with van der Waals surface area (Å²) in [5.41, 5.74) is 1.02. The minimum absolute atomic E-state index is 0.106. The van der Waals surface area contributed by atoms with E-state index in [1.165, 1.54) is 12.1 Å². The molecule has 1 aromatic heterocycles. The van der Waals surface area contributed by atoms with Crippen molar-refractivity contribution in [1.82, 2.24) is 15.5 Å². The highest BCUT2D eigenvalue weighted by Crippen LogP contribution is 2.13. The van der Waals surface area contributed by atoms with E-state index in [4.69, 9.17) is 4.52 Å². The number of hydrogen-bond acceptors (Lipinski definition) is 4. The summed E-state index contributed by atoms with van der Waals surface area (Å²) in [6.45, 7) is 4.27. The van der Waals surface area contributed by atoms with Gasteiger partial charge in [-0.25, -0.2) is 4.39 Å². The highest BCUT2D eigenvalue weighted by molar-refractivity contribution is 5.19. The van der Waals surface area contributed by atoms with E-state index in [-0.39, 0.29) is 11.9 Å². The van der Waals surface area contributed by atoms with Gasteiger partial charge in [0, 0.05) is 13.0 Å². The fourth-order valence-electron chi connectivity index (χ4n) is 1.53. The van der Waals surface area contributed by atoms with Crippen LogP contribution in [0.2, 0.25) is 0 Å². The topological polar surface area (TPSA) is 51.0 Å². The third-order valence-electron chi connectivity index (χ3n) is 2.51. The number of aryl methyl sites for hydroxylation is 1. The van der Waals surface area contributed by atoms with Crippen LogP contribution >= 0.6 is 0 Å². The first-order valence-electron chi connectivity index (χ1n) is 5.43. The summed E-state index contributed by atoms with van der Waals surface area (Å²) in [7, 11) is 0. The van der Waals surface area contributed by atoms with Crippen molar-refractivity contribution >= 4 is 0 Å². The highest BCUT2D eigenvalue weighted by Gasteiger charge is 2.07. The second-order valence-electron chi connectivity index (χ2n) is 3.88. The van der Waals surface area contributed by atoms with Crippen molar-refractivity contribution in [2.75, 3.05) is 0 Å². The minimum atomic E-state index is -0.227. The van der Waals surface area contributed by atoms with Gasteiger partial charge in [0.1, 0.15) is 5.82 Å². The van der Waals surface area contributed by atoms with Crippen LogP contribution in [0.1, 0.15) is 30.2 Å². The van der Waals surface area contributed by atoms with Gasteiger partial charge >= 0.3 is 0 Å². The highest BCUT2D eigenvalue weighted by atomic mass is 19.1. The fraction of sp³-hybridized carbons (Fsp3) is 0.333. The maximum atomic E-state index is 12.8. The molecule has 0 aliphatic rings. The molecule has 0 fully saturated rings. The monoisotopic (exact) mass is 235 g/mol. The maximum Gasteiger partial charge on any atom is 0.223 e. The number of benzene rings is 1. The fourth-order valence-corrected chi connectivity index (χ4v) is 1.53. The van der Waals surface area contributed by atoms with Gasteiger partial charge in [0.05, 0.1) is 6.54 Å². The first kappa shape index (κ1) is 11.7. The summed E-state index contributed by atoms with van der Waals surface area (Å²) in [6, 6.07) is 6.52. The van der Waals surface area contributed by atoms with Gasteiger partial charge in [-0.15, -0.1) is 0 Å². The average molecular weight is 235 g/mol. The van der Waals surface area contributed by atoms with Gasteiger partial charge in [-0.2, -0.15) is 4.98 Å². The Hall–Kier alpha value is -1.75. The van der Waals surface area contributed by atoms with Gasteiger partial charge in [-0.05, 0) is 24.6 Å². The van der Waals surface area contributed by atoms with Crippen molar-refractivity contribution in [1.29, 1.82) is 0 Å². The van der Waals surface area contributed by atoms with Gasteiger partial charge in [0.25, 0.3) is 0 Å². The molecule has 1 N–H and O–H groups in total. The molecule has 5 heteroatoms. The molecule has 0 aliphatic heterocycles. The lowest BCUT2D eigenvalue weighted by atomic mass is 10.1. The number of nitrogens with zero attached hydrogens (tertiary/aromatic N) is 2. The lowest BCUT2D eigenvalue weighted by Crippen LogP contribution is -2.18. The van der Waals surface area contributed by atoms with Crippen LogP contribution in [0.3, 0.4) is 0 Å². The molecule has 1 heterocycles. The molecule has 90 valence electrons. The summed E-state index contributed by atoms with van der Waals surface area (Å²) in [5, 5.41) is 7.03. The van der Waals surface area contributed by atoms with Crippen LogP contribution in [-0.4, -0.2) is 10.1 Å². The first-order valence-corrected chi connectivity index (χ1v) is 5.43. The van der Waals surface area contributed by atoms with Crippen LogP contribution in [-0.2, 0) is 6.54 Å². The van der Waals surface area contributed by atoms with Gasteiger partial charge < -0.3 is 9.84 Å². The molecule has 0 aliphatic carbocycles. The van der Waals surface area contributed by atoms with E-state index >= 15 is 0 Å². The van der Waals surface area contributed by atoms with Crippen molar-refractivity contribution in [3.63, 3.8) is 0 Å². The SMILES string of the molecule is Cc1nc(CN[C@H](C)c2ccc(F)cc2)no1. The van der Waals surface area contributed by atoms with Crippen LogP contribution < -0.4 is 5.32 Å². The second-order valence-corrected chi connectivity index (χ2v) is 3.88. The van der Waals surface area contributed by atoms with Crippen molar-refractivity contribution in [2.24, 2.45) is 0 Å². The molecule has 0 spiro atoms. The molecule has 4 nitrogen and oxygen atoms in total. The molecule has 1 aromatic carbocycles. The Balaban J connectivity index is 1.93. The molecular formula is C12H14FN3O. The Bertz CT molecular complexity index is 481. The van der Waals surface area contributed by atoms with Crippen LogP contribution in [0, 0.1) is 12.7 Å². The number of halogens is 1. The molecule has 2 aromatic rings. The van der Waals surface area contributed by atoms with Gasteiger partial charge in [0.2, 0.25) is 5.89 Å². The molecular weight excluding hydrogens is 221 g/mol. The Morgan fingerprint density at radius 1 is 1.35 bits per heavy atom. The predicted octanol–water partition coefficient (Wildman–Crippen LogP) is 2.37. The minimum Gasteiger partial charge on any atom is -0.340 e. The molecule has 0 unspecified atom stereocenters. The summed E-state index contributed by atoms with van der Waals surface area (Å²) < 4.78 is 17.6. The zero-order valence-corrected chi connectivity index (χ0v) is 9.77. The average Bonchev–Trinajstić information content (AvgIpc) is 2.73. The smallest absolute Gasteiger partial charge is 0.223 e. The van der Waals surface area contributed by atoms with E-state index in [0.29, 0.717) is 18.3 Å². The van der Waals surface area contributed by atoms with Crippen LogP contribution in [0.5, 0.6) is 0 Å². The van der Waals surface area contributed by atoms with Crippen molar-refractivity contribution in [3.05, 3.63) is 47.4 Å². The summed E-state index contributed by atoms with van der Waals surface area (Å²) in [5.74, 6) is 0.947. The van der Waals surface area contributed by atoms with E-state index < -0.39 is 0 Å². The zero-order chi connectivity index (χ0) is 12.3. The first-order chi connectivity index (χ1) is 8.15. The zero-order valence-electron chi connectivity index (χ0n) is 9.77. The van der Waals surface area contributed by atoms with Gasteiger partial charge in [0.15, 0.2) is 5.82 Å². The van der Waals surface area contributed by atoms with Crippen LogP contribution in [0.25, 0.3) is 0 Å². The predicted molar refractivity (Wildman–Crippen MR) is 60.7 cm³/mol. The molecule has 17 heavy (non-hydrogen) atoms. The van der Waals surface area contributed by atoms with E-state index in [0.717, 1.165) is 5.56 Å². The molecule has 2 rings (SSSR count). The van der Waals surface area contributed by atoms with Crippen LogP contribution in [0.4, 0.5) is 4.39 Å². The lowest BCUT2D eigenvalue weighted by Gasteiger charge is -2.12. The largest absolute Gasteiger partial charge is 0.340 e. The van der Waals surface area contributed by atoms with E-state index in [9.17, 15) is 4.39 Å². The normalized spacial score (nSPS) is 12.6. The lowest BCUT2D eigenvalue weighted by molar-refractivity contribution is 0.384. The number of rotatable bonds is 4. The number of nitrogens with one attached hydrogen (secondary N) is 1. The molecule has 1 atom stereocenters. The maximum absolute atomic E-state index is 12.8. The number of hydrogen-bond donors (Lipinski definition) is 1. The summed E-state index contributed by atoms with van der Waals surface area (Å²) in [6.07, 6.45) is 0. The molecule has 0 saturated heterocycles. The van der Waals surface area contributed by atoms with Crippen molar-refractivity contribution in [2.45, 2.75) is 26.4 Å². The quantitative estimate of drug-likeness (QED) is 0.883. The summed E-state index contributed by atoms with van der Waals surface area (Å²) >= 11 is 0. The van der Waals surface area contributed by atoms with Crippen molar-refractivity contribution < 1.29 is 8.91 Å². The van der Waals surface area contributed by atoms with Gasteiger partial charge in [-0.3, -0.25) is 0 Å². The Kier molecular flexibility index (Phi) is 3.49. The van der Waals surface area contributed by atoms with Gasteiger partial charge in [-0.1, -0.05) is 17.3 Å². The molecule has 0 amide bonds. The van der Waals surface area contributed by atoms with Crippen LogP contribution in [0.15, 0.2) is 28.8 Å². The standard InChI is InChI=1S/C12H14FN3O/c1-8(10-3-5-11(13)6-4-10)14-7-12-15-9(2)17-16-12/h3-6,8,14H,7H2,1-2H3/t8-/m1/s1. The second kappa shape index (κ2) is 5.05. The summed E-state index contributed by atoms with van der Waals surface area (Å²) in [4.78, 5) is 4.09.